The summed E-state index contributed by atoms with van der Waals surface area (Å²) >= 11 is 5.78. The number of carbonyl (C=O) groups is 2. The molecule has 0 aliphatic carbocycles. The van der Waals surface area contributed by atoms with E-state index in [1.54, 1.807) is 48.5 Å². The Bertz CT molecular complexity index is 654. The van der Waals surface area contributed by atoms with Gasteiger partial charge >= 0.3 is 6.03 Å². The van der Waals surface area contributed by atoms with Crippen molar-refractivity contribution >= 4 is 34.9 Å². The molecule has 0 atom stereocenters. The Morgan fingerprint density at radius 3 is 1.91 bits per heavy atom. The Kier molecular flexibility index (Phi) is 5.38. The minimum absolute atomic E-state index is 0.139. The van der Waals surface area contributed by atoms with E-state index >= 15 is 0 Å². The van der Waals surface area contributed by atoms with Crippen molar-refractivity contribution < 1.29 is 9.59 Å². The monoisotopic (exact) mass is 317 g/mol. The summed E-state index contributed by atoms with van der Waals surface area (Å²) in [6.07, 6.45) is 0. The van der Waals surface area contributed by atoms with Crippen molar-refractivity contribution in [1.82, 2.24) is 5.32 Å². The minimum atomic E-state index is -0.368. The summed E-state index contributed by atoms with van der Waals surface area (Å²) in [6.45, 7) is 2.43. The maximum Gasteiger partial charge on any atom is 0.323 e. The molecule has 5 nitrogen and oxygen atoms in total. The van der Waals surface area contributed by atoms with Gasteiger partial charge in [-0.1, -0.05) is 11.6 Å². The topological polar surface area (TPSA) is 70.2 Å². The van der Waals surface area contributed by atoms with Crippen LogP contribution in [-0.4, -0.2) is 18.5 Å². The number of benzene rings is 2. The zero-order valence-electron chi connectivity index (χ0n) is 12.0. The van der Waals surface area contributed by atoms with Crippen LogP contribution in [0.4, 0.5) is 16.2 Å². The summed E-state index contributed by atoms with van der Waals surface area (Å²) in [6, 6.07) is 13.1. The van der Waals surface area contributed by atoms with Crippen LogP contribution in [0.2, 0.25) is 5.02 Å². The molecule has 0 fully saturated rings. The number of amides is 3. The van der Waals surface area contributed by atoms with Crippen LogP contribution in [0.5, 0.6) is 0 Å². The number of hydrogen-bond acceptors (Lipinski definition) is 2. The number of carbonyl (C=O) groups excluding carboxylic acids is 2. The SMILES string of the molecule is CCNC(=O)c1ccc(NC(=O)Nc2ccc(Cl)cc2)cc1. The highest BCUT2D eigenvalue weighted by atomic mass is 35.5. The zero-order chi connectivity index (χ0) is 15.9. The van der Waals surface area contributed by atoms with Gasteiger partial charge in [0.05, 0.1) is 0 Å². The van der Waals surface area contributed by atoms with Crippen molar-refractivity contribution in [2.75, 3.05) is 17.2 Å². The predicted octanol–water partition coefficient (Wildman–Crippen LogP) is 3.73. The Morgan fingerprint density at radius 1 is 0.909 bits per heavy atom. The number of nitrogens with one attached hydrogen (secondary N) is 3. The fraction of sp³-hybridized carbons (Fsp3) is 0.125. The van der Waals surface area contributed by atoms with Gasteiger partial charge in [-0.05, 0) is 55.5 Å². The van der Waals surface area contributed by atoms with Gasteiger partial charge in [-0.2, -0.15) is 0 Å². The minimum Gasteiger partial charge on any atom is -0.352 e. The first-order chi connectivity index (χ1) is 10.6. The molecule has 0 bridgehead atoms. The van der Waals surface area contributed by atoms with Crippen LogP contribution < -0.4 is 16.0 Å². The van der Waals surface area contributed by atoms with E-state index in [2.05, 4.69) is 16.0 Å². The molecule has 2 aromatic rings. The molecule has 0 spiro atoms. The van der Waals surface area contributed by atoms with Crippen molar-refractivity contribution in [3.63, 3.8) is 0 Å². The summed E-state index contributed by atoms with van der Waals surface area (Å²) < 4.78 is 0. The molecule has 0 saturated heterocycles. The quantitative estimate of drug-likeness (QED) is 0.804. The maximum absolute atomic E-state index is 11.9. The lowest BCUT2D eigenvalue weighted by Crippen LogP contribution is -2.22. The van der Waals surface area contributed by atoms with Crippen LogP contribution >= 0.6 is 11.6 Å². The average molecular weight is 318 g/mol. The van der Waals surface area contributed by atoms with Gasteiger partial charge in [-0.3, -0.25) is 4.79 Å². The average Bonchev–Trinajstić information content (AvgIpc) is 2.50. The Morgan fingerprint density at radius 2 is 1.41 bits per heavy atom. The largest absolute Gasteiger partial charge is 0.352 e. The summed E-state index contributed by atoms with van der Waals surface area (Å²) in [5.74, 6) is -0.139. The lowest BCUT2D eigenvalue weighted by atomic mass is 10.2. The van der Waals surface area contributed by atoms with Crippen molar-refractivity contribution in [2.24, 2.45) is 0 Å². The molecule has 0 unspecified atom stereocenters. The highest BCUT2D eigenvalue weighted by Crippen LogP contribution is 2.14. The first-order valence-electron chi connectivity index (χ1n) is 6.80. The molecule has 0 aliphatic heterocycles. The van der Waals surface area contributed by atoms with Gasteiger partial charge < -0.3 is 16.0 Å². The number of halogens is 1. The van der Waals surface area contributed by atoms with E-state index in [1.165, 1.54) is 0 Å². The number of anilines is 2. The Balaban J connectivity index is 1.94. The second-order valence-electron chi connectivity index (χ2n) is 4.52. The van der Waals surface area contributed by atoms with E-state index < -0.39 is 0 Å². The molecule has 3 N–H and O–H groups in total. The van der Waals surface area contributed by atoms with Gasteiger partial charge in [0, 0.05) is 28.5 Å². The summed E-state index contributed by atoms with van der Waals surface area (Å²) in [7, 11) is 0. The van der Waals surface area contributed by atoms with Crippen LogP contribution in [-0.2, 0) is 0 Å². The fourth-order valence-electron chi connectivity index (χ4n) is 1.79. The number of rotatable bonds is 4. The molecule has 0 radical (unpaired) electrons. The molecule has 2 rings (SSSR count). The van der Waals surface area contributed by atoms with Crippen molar-refractivity contribution in [2.45, 2.75) is 6.92 Å². The molecule has 22 heavy (non-hydrogen) atoms. The molecule has 0 heterocycles. The van der Waals surface area contributed by atoms with E-state index in [4.69, 9.17) is 11.6 Å². The van der Waals surface area contributed by atoms with E-state index in [1.807, 2.05) is 6.92 Å². The van der Waals surface area contributed by atoms with Gasteiger partial charge in [0.25, 0.3) is 5.91 Å². The lowest BCUT2D eigenvalue weighted by Gasteiger charge is -2.08. The van der Waals surface area contributed by atoms with Crippen LogP contribution in [0.15, 0.2) is 48.5 Å². The highest BCUT2D eigenvalue weighted by Gasteiger charge is 2.06. The molecule has 114 valence electrons. The van der Waals surface area contributed by atoms with Gasteiger partial charge in [0.15, 0.2) is 0 Å². The number of hydrogen-bond donors (Lipinski definition) is 3. The number of urea groups is 1. The highest BCUT2D eigenvalue weighted by molar-refractivity contribution is 6.30. The standard InChI is InChI=1S/C16H16ClN3O2/c1-2-18-15(21)11-3-7-13(8-4-11)19-16(22)20-14-9-5-12(17)6-10-14/h3-10H,2H2,1H3,(H,18,21)(H2,19,20,22). The summed E-state index contributed by atoms with van der Waals surface area (Å²) in [5, 5.41) is 8.69. The lowest BCUT2D eigenvalue weighted by molar-refractivity contribution is 0.0956. The maximum atomic E-state index is 11.9. The van der Waals surface area contributed by atoms with Crippen LogP contribution in [0.25, 0.3) is 0 Å². The smallest absolute Gasteiger partial charge is 0.323 e. The molecule has 0 aliphatic rings. The van der Waals surface area contributed by atoms with Crippen molar-refractivity contribution in [3.8, 4) is 0 Å². The first-order valence-corrected chi connectivity index (χ1v) is 7.18. The van der Waals surface area contributed by atoms with Gasteiger partial charge in [0.1, 0.15) is 0 Å². The third-order valence-corrected chi connectivity index (χ3v) is 3.10. The Hall–Kier alpha value is -2.53. The van der Waals surface area contributed by atoms with E-state index in [0.717, 1.165) is 0 Å². The molecular weight excluding hydrogens is 302 g/mol. The predicted molar refractivity (Wildman–Crippen MR) is 88.5 cm³/mol. The van der Waals surface area contributed by atoms with E-state index in [0.29, 0.717) is 28.5 Å². The van der Waals surface area contributed by atoms with Gasteiger partial charge in [0.2, 0.25) is 0 Å². The molecule has 3 amide bonds. The van der Waals surface area contributed by atoms with Crippen molar-refractivity contribution in [3.05, 3.63) is 59.1 Å². The fourth-order valence-corrected chi connectivity index (χ4v) is 1.92. The van der Waals surface area contributed by atoms with E-state index in [9.17, 15) is 9.59 Å². The molecule has 0 aromatic heterocycles. The van der Waals surface area contributed by atoms with Crippen LogP contribution in [0, 0.1) is 0 Å². The molecular formula is C16H16ClN3O2. The normalized spacial score (nSPS) is 9.91. The van der Waals surface area contributed by atoms with Gasteiger partial charge in [-0.15, -0.1) is 0 Å². The third kappa shape index (κ3) is 4.49. The Labute approximate surface area is 133 Å². The molecule has 2 aromatic carbocycles. The second-order valence-corrected chi connectivity index (χ2v) is 4.96. The van der Waals surface area contributed by atoms with Gasteiger partial charge in [-0.25, -0.2) is 4.79 Å². The zero-order valence-corrected chi connectivity index (χ0v) is 12.8. The summed E-state index contributed by atoms with van der Waals surface area (Å²) in [4.78, 5) is 23.5. The van der Waals surface area contributed by atoms with Crippen molar-refractivity contribution in [1.29, 1.82) is 0 Å². The van der Waals surface area contributed by atoms with Crippen LogP contribution in [0.1, 0.15) is 17.3 Å². The van der Waals surface area contributed by atoms with E-state index in [-0.39, 0.29) is 11.9 Å². The second kappa shape index (κ2) is 7.47. The molecule has 0 saturated carbocycles. The third-order valence-electron chi connectivity index (χ3n) is 2.84. The first kappa shape index (κ1) is 15.9. The van der Waals surface area contributed by atoms with Crippen LogP contribution in [0.3, 0.4) is 0 Å². The summed E-state index contributed by atoms with van der Waals surface area (Å²) in [5.41, 5.74) is 1.78. The molecule has 6 heteroatoms.